The second kappa shape index (κ2) is 4.83. The SMILES string of the molecule is CNC(=O)c1ccc(NC(=O)C2[C@@H]3[C@H]4CC[C@H](C4)[C@H]23)c(C)c1. The van der Waals surface area contributed by atoms with Gasteiger partial charge in [-0.15, -0.1) is 0 Å². The lowest BCUT2D eigenvalue weighted by Gasteiger charge is -2.12. The molecular weight excluding hydrogens is 276 g/mol. The Balaban J connectivity index is 1.46. The maximum Gasteiger partial charge on any atom is 0.251 e. The Kier molecular flexibility index (Phi) is 3.03. The van der Waals surface area contributed by atoms with E-state index in [2.05, 4.69) is 10.6 Å². The van der Waals surface area contributed by atoms with Gasteiger partial charge in [0.25, 0.3) is 5.91 Å². The molecule has 4 nitrogen and oxygen atoms in total. The Morgan fingerprint density at radius 1 is 1.14 bits per heavy atom. The molecule has 3 aliphatic carbocycles. The van der Waals surface area contributed by atoms with Crippen molar-refractivity contribution in [1.29, 1.82) is 0 Å². The second-order valence-electron chi connectivity index (χ2n) is 7.11. The van der Waals surface area contributed by atoms with Gasteiger partial charge in [0.15, 0.2) is 0 Å². The molecule has 3 aliphatic rings. The summed E-state index contributed by atoms with van der Waals surface area (Å²) in [4.78, 5) is 24.2. The fraction of sp³-hybridized carbons (Fsp3) is 0.556. The lowest BCUT2D eigenvalue weighted by Crippen LogP contribution is -2.20. The lowest BCUT2D eigenvalue weighted by molar-refractivity contribution is -0.118. The fourth-order valence-electron chi connectivity index (χ4n) is 4.98. The molecular formula is C18H22N2O2. The van der Waals surface area contributed by atoms with Crippen LogP contribution in [0.5, 0.6) is 0 Å². The van der Waals surface area contributed by atoms with Gasteiger partial charge >= 0.3 is 0 Å². The summed E-state index contributed by atoms with van der Waals surface area (Å²) in [6.07, 6.45) is 4.02. The third-order valence-electron chi connectivity index (χ3n) is 6.01. The molecule has 2 amide bonds. The van der Waals surface area contributed by atoms with Crippen LogP contribution < -0.4 is 10.6 Å². The standard InChI is InChI=1S/C18H22N2O2/c1-9-7-12(17(21)19-2)5-6-13(9)20-18(22)16-14-10-3-4-11(8-10)15(14)16/h5-7,10-11,14-16H,3-4,8H2,1-2H3,(H,19,21)(H,20,22)/t10-,11+,14+,15-,16?. The Labute approximate surface area is 130 Å². The zero-order valence-electron chi connectivity index (χ0n) is 13.1. The smallest absolute Gasteiger partial charge is 0.251 e. The normalized spacial score (nSPS) is 34.2. The number of carbonyl (C=O) groups excluding carboxylic acids is 2. The summed E-state index contributed by atoms with van der Waals surface area (Å²) in [5.74, 6) is 3.25. The quantitative estimate of drug-likeness (QED) is 0.901. The Bertz CT molecular complexity index is 638. The highest BCUT2D eigenvalue weighted by atomic mass is 16.2. The van der Waals surface area contributed by atoms with Crippen LogP contribution in [0.2, 0.25) is 0 Å². The topological polar surface area (TPSA) is 58.2 Å². The van der Waals surface area contributed by atoms with Crippen LogP contribution in [0.25, 0.3) is 0 Å². The van der Waals surface area contributed by atoms with E-state index in [4.69, 9.17) is 0 Å². The van der Waals surface area contributed by atoms with Gasteiger partial charge in [0.2, 0.25) is 5.91 Å². The van der Waals surface area contributed by atoms with Gasteiger partial charge in [-0.25, -0.2) is 0 Å². The van der Waals surface area contributed by atoms with Gasteiger partial charge in [-0.2, -0.15) is 0 Å². The van der Waals surface area contributed by atoms with E-state index in [-0.39, 0.29) is 17.7 Å². The van der Waals surface area contributed by atoms with Gasteiger partial charge in [-0.1, -0.05) is 0 Å². The average molecular weight is 298 g/mol. The zero-order chi connectivity index (χ0) is 15.4. The summed E-state index contributed by atoms with van der Waals surface area (Å²) in [6.45, 7) is 1.93. The summed E-state index contributed by atoms with van der Waals surface area (Å²) in [5.41, 5.74) is 2.39. The van der Waals surface area contributed by atoms with E-state index in [9.17, 15) is 9.59 Å². The molecule has 0 spiro atoms. The molecule has 1 aromatic carbocycles. The molecule has 4 heteroatoms. The highest BCUT2D eigenvalue weighted by molar-refractivity contribution is 5.98. The number of amides is 2. The van der Waals surface area contributed by atoms with Crippen molar-refractivity contribution in [2.45, 2.75) is 26.2 Å². The molecule has 5 atom stereocenters. The second-order valence-corrected chi connectivity index (χ2v) is 7.11. The minimum atomic E-state index is -0.103. The fourth-order valence-corrected chi connectivity index (χ4v) is 4.98. The molecule has 0 saturated heterocycles. The molecule has 3 fully saturated rings. The van der Waals surface area contributed by atoms with Crippen molar-refractivity contribution in [3.05, 3.63) is 29.3 Å². The summed E-state index contributed by atoms with van der Waals surface area (Å²) in [6, 6.07) is 5.43. The first-order valence-electron chi connectivity index (χ1n) is 8.23. The van der Waals surface area contributed by atoms with Crippen molar-refractivity contribution >= 4 is 17.5 Å². The van der Waals surface area contributed by atoms with Crippen LogP contribution in [0.4, 0.5) is 5.69 Å². The zero-order valence-corrected chi connectivity index (χ0v) is 13.1. The van der Waals surface area contributed by atoms with Crippen molar-refractivity contribution < 1.29 is 9.59 Å². The first-order chi connectivity index (χ1) is 10.6. The predicted octanol–water partition coefficient (Wildman–Crippen LogP) is 2.59. The minimum absolute atomic E-state index is 0.103. The van der Waals surface area contributed by atoms with Gasteiger partial charge < -0.3 is 10.6 Å². The maximum absolute atomic E-state index is 12.5. The molecule has 3 saturated carbocycles. The van der Waals surface area contributed by atoms with Gasteiger partial charge in [-0.3, -0.25) is 9.59 Å². The number of rotatable bonds is 3. The van der Waals surface area contributed by atoms with Gasteiger partial charge in [0.1, 0.15) is 0 Å². The molecule has 2 N–H and O–H groups in total. The van der Waals surface area contributed by atoms with Crippen molar-refractivity contribution in [3.63, 3.8) is 0 Å². The summed E-state index contributed by atoms with van der Waals surface area (Å²) in [5, 5.41) is 5.70. The van der Waals surface area contributed by atoms with Crippen LogP contribution in [0.3, 0.4) is 0 Å². The third kappa shape index (κ3) is 1.97. The van der Waals surface area contributed by atoms with E-state index < -0.39 is 0 Å². The lowest BCUT2D eigenvalue weighted by atomic mass is 10.0. The number of hydrogen-bond acceptors (Lipinski definition) is 2. The van der Waals surface area contributed by atoms with E-state index in [0.29, 0.717) is 17.4 Å². The Hall–Kier alpha value is -1.84. The largest absolute Gasteiger partial charge is 0.355 e. The number of benzene rings is 1. The van der Waals surface area contributed by atoms with Crippen molar-refractivity contribution in [2.75, 3.05) is 12.4 Å². The monoisotopic (exact) mass is 298 g/mol. The first kappa shape index (κ1) is 13.8. The molecule has 0 aliphatic heterocycles. The van der Waals surface area contributed by atoms with Crippen LogP contribution in [-0.2, 0) is 4.79 Å². The molecule has 2 bridgehead atoms. The van der Waals surface area contributed by atoms with Gasteiger partial charge in [0.05, 0.1) is 0 Å². The highest BCUT2D eigenvalue weighted by Gasteiger charge is 2.67. The highest BCUT2D eigenvalue weighted by Crippen LogP contribution is 2.69. The molecule has 0 aromatic heterocycles. The maximum atomic E-state index is 12.5. The van der Waals surface area contributed by atoms with Crippen LogP contribution >= 0.6 is 0 Å². The number of anilines is 1. The summed E-state index contributed by atoms with van der Waals surface area (Å²) in [7, 11) is 1.62. The van der Waals surface area contributed by atoms with Crippen molar-refractivity contribution in [1.82, 2.24) is 5.32 Å². The van der Waals surface area contributed by atoms with E-state index >= 15 is 0 Å². The van der Waals surface area contributed by atoms with Crippen molar-refractivity contribution in [3.8, 4) is 0 Å². The molecule has 1 unspecified atom stereocenters. The van der Waals surface area contributed by atoms with E-state index in [1.165, 1.54) is 19.3 Å². The third-order valence-corrected chi connectivity index (χ3v) is 6.01. The Morgan fingerprint density at radius 3 is 2.41 bits per heavy atom. The average Bonchev–Trinajstić information content (AvgIpc) is 2.97. The predicted molar refractivity (Wildman–Crippen MR) is 84.5 cm³/mol. The van der Waals surface area contributed by atoms with Crippen LogP contribution in [0, 0.1) is 36.5 Å². The summed E-state index contributed by atoms with van der Waals surface area (Å²) >= 11 is 0. The van der Waals surface area contributed by atoms with Crippen LogP contribution in [0.1, 0.15) is 35.2 Å². The first-order valence-corrected chi connectivity index (χ1v) is 8.23. The van der Waals surface area contributed by atoms with E-state index in [1.807, 2.05) is 19.1 Å². The summed E-state index contributed by atoms with van der Waals surface area (Å²) < 4.78 is 0. The Morgan fingerprint density at radius 2 is 1.82 bits per heavy atom. The van der Waals surface area contributed by atoms with Crippen LogP contribution in [0.15, 0.2) is 18.2 Å². The van der Waals surface area contributed by atoms with Gasteiger partial charge in [-0.05, 0) is 73.6 Å². The molecule has 0 heterocycles. The van der Waals surface area contributed by atoms with E-state index in [1.54, 1.807) is 13.1 Å². The number of hydrogen-bond donors (Lipinski definition) is 2. The van der Waals surface area contributed by atoms with Crippen LogP contribution in [-0.4, -0.2) is 18.9 Å². The molecule has 4 rings (SSSR count). The number of carbonyl (C=O) groups is 2. The molecule has 116 valence electrons. The molecule has 22 heavy (non-hydrogen) atoms. The number of fused-ring (bicyclic) bond motifs is 5. The van der Waals surface area contributed by atoms with Gasteiger partial charge in [0, 0.05) is 24.2 Å². The minimum Gasteiger partial charge on any atom is -0.355 e. The molecule has 0 radical (unpaired) electrons. The molecule has 1 aromatic rings. The van der Waals surface area contributed by atoms with Crippen molar-refractivity contribution in [2.24, 2.45) is 29.6 Å². The number of nitrogens with one attached hydrogen (secondary N) is 2. The van der Waals surface area contributed by atoms with E-state index in [0.717, 1.165) is 23.1 Å². The number of aryl methyl sites for hydroxylation is 1.